The van der Waals surface area contributed by atoms with Crippen molar-refractivity contribution < 1.29 is 19.9 Å². The number of benzene rings is 2. The summed E-state index contributed by atoms with van der Waals surface area (Å²) in [5.41, 5.74) is 4.95. The van der Waals surface area contributed by atoms with Crippen LogP contribution in [0.25, 0.3) is 11.1 Å². The zero-order valence-corrected chi connectivity index (χ0v) is 18.8. The van der Waals surface area contributed by atoms with E-state index in [2.05, 4.69) is 36.4 Å². The van der Waals surface area contributed by atoms with Gasteiger partial charge in [0, 0.05) is 25.4 Å². The summed E-state index contributed by atoms with van der Waals surface area (Å²) in [4.78, 5) is 24.6. The fourth-order valence-electron chi connectivity index (χ4n) is 3.75. The summed E-state index contributed by atoms with van der Waals surface area (Å²) in [5, 5.41) is 18.6. The van der Waals surface area contributed by atoms with Crippen LogP contribution < -0.4 is 5.48 Å². The molecular formula is C26H35NO4. The van der Waals surface area contributed by atoms with Gasteiger partial charge in [-0.1, -0.05) is 75.4 Å². The van der Waals surface area contributed by atoms with Crippen molar-refractivity contribution in [3.8, 4) is 11.1 Å². The molecule has 0 saturated heterocycles. The molecule has 0 bridgehead atoms. The number of nitrogens with one attached hydrogen (secondary N) is 1. The minimum Gasteiger partial charge on any atom is -0.396 e. The highest BCUT2D eigenvalue weighted by molar-refractivity contribution is 5.86. The summed E-state index contributed by atoms with van der Waals surface area (Å²) in [7, 11) is 0. The molecule has 1 amide bonds. The molecule has 0 radical (unpaired) electrons. The molecule has 2 aromatic rings. The lowest BCUT2D eigenvalue weighted by atomic mass is 9.76. The normalized spacial score (nSPS) is 13.5. The van der Waals surface area contributed by atoms with Gasteiger partial charge in [0.1, 0.15) is 5.78 Å². The van der Waals surface area contributed by atoms with Gasteiger partial charge in [-0.2, -0.15) is 0 Å². The molecule has 2 rings (SSSR count). The number of carbonyl (C=O) groups excluding carboxylic acids is 2. The smallest absolute Gasteiger partial charge is 0.244 e. The highest BCUT2D eigenvalue weighted by atomic mass is 16.5. The Morgan fingerprint density at radius 3 is 2.10 bits per heavy atom. The molecular weight excluding hydrogens is 390 g/mol. The van der Waals surface area contributed by atoms with Crippen LogP contribution in [0.15, 0.2) is 54.6 Å². The summed E-state index contributed by atoms with van der Waals surface area (Å²) in [6.07, 6.45) is 2.33. The number of hydrogen-bond acceptors (Lipinski definition) is 4. The fraction of sp³-hybridized carbons (Fsp3) is 0.462. The number of Topliss-reactive ketones (excluding diaryl/α,β-unsaturated/α-hetero) is 1. The summed E-state index contributed by atoms with van der Waals surface area (Å²) in [6, 6.07) is 18.6. The first-order valence-electron chi connectivity index (χ1n) is 11.0. The van der Waals surface area contributed by atoms with Crippen molar-refractivity contribution in [3.05, 3.63) is 60.2 Å². The Kier molecular flexibility index (Phi) is 9.41. The first kappa shape index (κ1) is 24.8. The van der Waals surface area contributed by atoms with E-state index in [0.717, 1.165) is 18.4 Å². The average molecular weight is 426 g/mol. The lowest BCUT2D eigenvalue weighted by Crippen LogP contribution is -2.31. The van der Waals surface area contributed by atoms with Crippen LogP contribution in [0.2, 0.25) is 0 Å². The Hall–Kier alpha value is -2.50. The standard InChI is InChI=1S/C26H35NO4/c1-26(2,3)23(18-28)17-24(29)22(16-25(30)27-31)11-7-8-19-12-14-21(15-13-19)20-9-5-4-6-10-20/h4-6,9-10,12-15,22-23,28,31H,7-8,11,16-18H2,1-3H3,(H,27,30)/t22-,23-/m1/s1. The van der Waals surface area contributed by atoms with Crippen molar-refractivity contribution in [1.82, 2.24) is 5.48 Å². The van der Waals surface area contributed by atoms with E-state index in [1.807, 2.05) is 39.0 Å². The molecule has 0 aliphatic carbocycles. The molecule has 0 fully saturated rings. The van der Waals surface area contributed by atoms with E-state index >= 15 is 0 Å². The maximum Gasteiger partial charge on any atom is 0.244 e. The van der Waals surface area contributed by atoms with Crippen LogP contribution >= 0.6 is 0 Å². The molecule has 2 atom stereocenters. The molecule has 5 nitrogen and oxygen atoms in total. The average Bonchev–Trinajstić information content (AvgIpc) is 2.76. The van der Waals surface area contributed by atoms with Crippen LogP contribution in [0, 0.1) is 17.3 Å². The number of amides is 1. The number of aryl methyl sites for hydroxylation is 1. The number of aliphatic hydroxyl groups excluding tert-OH is 1. The third-order valence-corrected chi connectivity index (χ3v) is 5.98. The Labute approximate surface area is 185 Å². The van der Waals surface area contributed by atoms with Gasteiger partial charge in [-0.3, -0.25) is 14.8 Å². The molecule has 0 unspecified atom stereocenters. The van der Waals surface area contributed by atoms with Crippen molar-refractivity contribution >= 4 is 11.7 Å². The highest BCUT2D eigenvalue weighted by Crippen LogP contribution is 2.30. The molecule has 5 heteroatoms. The van der Waals surface area contributed by atoms with E-state index in [-0.39, 0.29) is 36.6 Å². The number of rotatable bonds is 11. The second-order valence-corrected chi connectivity index (χ2v) is 9.31. The Bertz CT molecular complexity index is 825. The van der Waals surface area contributed by atoms with Gasteiger partial charge in [0.15, 0.2) is 0 Å². The van der Waals surface area contributed by atoms with Gasteiger partial charge in [0.05, 0.1) is 0 Å². The fourth-order valence-corrected chi connectivity index (χ4v) is 3.75. The van der Waals surface area contributed by atoms with E-state index < -0.39 is 11.8 Å². The van der Waals surface area contributed by atoms with Gasteiger partial charge in [0.25, 0.3) is 0 Å². The van der Waals surface area contributed by atoms with E-state index in [1.165, 1.54) is 11.1 Å². The van der Waals surface area contributed by atoms with E-state index in [4.69, 9.17) is 5.21 Å². The lowest BCUT2D eigenvalue weighted by Gasteiger charge is -2.29. The maximum absolute atomic E-state index is 12.9. The van der Waals surface area contributed by atoms with E-state index in [0.29, 0.717) is 6.42 Å². The van der Waals surface area contributed by atoms with Crippen molar-refractivity contribution in [2.45, 2.75) is 52.9 Å². The highest BCUT2D eigenvalue weighted by Gasteiger charge is 2.30. The number of aliphatic hydroxyl groups is 1. The summed E-state index contributed by atoms with van der Waals surface area (Å²) in [6.45, 7) is 5.92. The zero-order valence-electron chi connectivity index (χ0n) is 18.8. The van der Waals surface area contributed by atoms with Crippen LogP contribution in [0.1, 0.15) is 52.0 Å². The van der Waals surface area contributed by atoms with Crippen molar-refractivity contribution in [2.75, 3.05) is 6.61 Å². The lowest BCUT2D eigenvalue weighted by molar-refractivity contribution is -0.135. The maximum atomic E-state index is 12.9. The minimum absolute atomic E-state index is 0.0306. The van der Waals surface area contributed by atoms with Gasteiger partial charge in [-0.25, -0.2) is 5.48 Å². The second kappa shape index (κ2) is 11.8. The molecule has 0 aliphatic rings. The Morgan fingerprint density at radius 2 is 1.55 bits per heavy atom. The quantitative estimate of drug-likeness (QED) is 0.356. The zero-order chi connectivity index (χ0) is 22.9. The van der Waals surface area contributed by atoms with Crippen LogP contribution in [-0.4, -0.2) is 28.6 Å². The molecule has 0 heterocycles. The molecule has 0 aromatic heterocycles. The van der Waals surface area contributed by atoms with Crippen molar-refractivity contribution in [1.29, 1.82) is 0 Å². The second-order valence-electron chi connectivity index (χ2n) is 9.31. The first-order chi connectivity index (χ1) is 14.7. The van der Waals surface area contributed by atoms with Crippen LogP contribution in [0.4, 0.5) is 0 Å². The van der Waals surface area contributed by atoms with Gasteiger partial charge in [-0.05, 0) is 47.3 Å². The summed E-state index contributed by atoms with van der Waals surface area (Å²) >= 11 is 0. The first-order valence-corrected chi connectivity index (χ1v) is 11.0. The monoisotopic (exact) mass is 425 g/mol. The third-order valence-electron chi connectivity index (χ3n) is 5.98. The SMILES string of the molecule is CC(C)(C)[C@@H](CO)CC(=O)[C@H](CCCc1ccc(-c2ccccc2)cc1)CC(=O)NO. The summed E-state index contributed by atoms with van der Waals surface area (Å²) in [5.74, 6) is -1.21. The summed E-state index contributed by atoms with van der Waals surface area (Å²) < 4.78 is 0. The largest absolute Gasteiger partial charge is 0.396 e. The molecule has 3 N–H and O–H groups in total. The third kappa shape index (κ3) is 7.93. The molecule has 0 aliphatic heterocycles. The van der Waals surface area contributed by atoms with Crippen molar-refractivity contribution in [2.24, 2.45) is 17.3 Å². The molecule has 0 spiro atoms. The molecule has 31 heavy (non-hydrogen) atoms. The number of hydroxylamine groups is 1. The molecule has 2 aromatic carbocycles. The number of ketones is 1. The van der Waals surface area contributed by atoms with E-state index in [9.17, 15) is 14.7 Å². The number of carbonyl (C=O) groups is 2. The minimum atomic E-state index is -0.554. The van der Waals surface area contributed by atoms with E-state index in [1.54, 1.807) is 5.48 Å². The topological polar surface area (TPSA) is 86.6 Å². The van der Waals surface area contributed by atoms with Gasteiger partial charge >= 0.3 is 0 Å². The Morgan fingerprint density at radius 1 is 0.935 bits per heavy atom. The van der Waals surface area contributed by atoms with Crippen LogP contribution in [-0.2, 0) is 16.0 Å². The predicted octanol–water partition coefficient (Wildman–Crippen LogP) is 4.80. The van der Waals surface area contributed by atoms with Gasteiger partial charge in [-0.15, -0.1) is 0 Å². The Balaban J connectivity index is 1.96. The molecule has 0 saturated carbocycles. The van der Waals surface area contributed by atoms with Gasteiger partial charge < -0.3 is 5.11 Å². The molecule has 168 valence electrons. The van der Waals surface area contributed by atoms with Gasteiger partial charge in [0.2, 0.25) is 5.91 Å². The van der Waals surface area contributed by atoms with Crippen LogP contribution in [0.3, 0.4) is 0 Å². The van der Waals surface area contributed by atoms with Crippen LogP contribution in [0.5, 0.6) is 0 Å². The van der Waals surface area contributed by atoms with Crippen molar-refractivity contribution in [3.63, 3.8) is 0 Å². The predicted molar refractivity (Wildman–Crippen MR) is 123 cm³/mol. The number of hydrogen-bond donors (Lipinski definition) is 3.